The third kappa shape index (κ3) is 12.5. The Balaban J connectivity index is 0. The number of rotatable bonds is 4. The molecule has 0 atom stereocenters. The molecule has 0 saturated carbocycles. The van der Waals surface area contributed by atoms with Gasteiger partial charge in [-0.15, -0.1) is 0 Å². The molecule has 0 aromatic heterocycles. The molecule has 9 heavy (non-hydrogen) atoms. The van der Waals surface area contributed by atoms with Crippen molar-refractivity contribution in [3.63, 3.8) is 0 Å². The van der Waals surface area contributed by atoms with Crippen LogP contribution in [0.15, 0.2) is 0 Å². The van der Waals surface area contributed by atoms with Crippen molar-refractivity contribution in [3.05, 3.63) is 6.92 Å². The number of unbranched alkanes of at least 4 members (excludes halogenated alkanes) is 2. The molecule has 1 heteroatoms. The molecule has 0 N–H and O–H groups in total. The first-order valence-electron chi connectivity index (χ1n) is 3.56. The predicted molar refractivity (Wildman–Crippen MR) is 38.7 cm³/mol. The van der Waals surface area contributed by atoms with Crippen molar-refractivity contribution < 1.29 is 40.8 Å². The fraction of sp³-hybridized carbons (Fsp3) is 0.875. The Morgan fingerprint density at radius 1 is 1.22 bits per heavy atom. The maximum Gasteiger partial charge on any atom is 0 e. The SMILES string of the molecule is [CH2-]CCCCC(C)C.[Nd]. The molecule has 0 aromatic rings. The molecule has 0 spiro atoms. The summed E-state index contributed by atoms with van der Waals surface area (Å²) in [7, 11) is 0. The number of hydrogen-bond acceptors (Lipinski definition) is 0. The minimum absolute atomic E-state index is 0. The zero-order valence-electron chi connectivity index (χ0n) is 6.61. The second-order valence-corrected chi connectivity index (χ2v) is 2.74. The molecule has 0 radical (unpaired) electrons. The van der Waals surface area contributed by atoms with Crippen LogP contribution in [0.4, 0.5) is 0 Å². The van der Waals surface area contributed by atoms with Crippen molar-refractivity contribution >= 4 is 0 Å². The molecule has 0 rings (SSSR count). The molecule has 0 aliphatic carbocycles. The molecule has 0 fully saturated rings. The molecule has 0 heterocycles. The first-order valence-corrected chi connectivity index (χ1v) is 3.56. The molecular formula is C8H17Nd-. The summed E-state index contributed by atoms with van der Waals surface area (Å²) in [6.45, 7) is 8.32. The summed E-state index contributed by atoms with van der Waals surface area (Å²) >= 11 is 0. The minimum atomic E-state index is 0. The topological polar surface area (TPSA) is 0 Å². The predicted octanol–water partition coefficient (Wildman–Crippen LogP) is 3.04. The van der Waals surface area contributed by atoms with Crippen LogP contribution >= 0.6 is 0 Å². The molecule has 0 amide bonds. The molecular weight excluding hydrogens is 240 g/mol. The Labute approximate surface area is 92.3 Å². The van der Waals surface area contributed by atoms with Gasteiger partial charge in [0.05, 0.1) is 0 Å². The maximum atomic E-state index is 3.78. The molecule has 0 saturated heterocycles. The van der Waals surface area contributed by atoms with Crippen LogP contribution in [0.5, 0.6) is 0 Å². The Hall–Kier alpha value is 1.35. The van der Waals surface area contributed by atoms with E-state index in [1.165, 1.54) is 19.3 Å². The summed E-state index contributed by atoms with van der Waals surface area (Å²) in [5.41, 5.74) is 0. The van der Waals surface area contributed by atoms with Crippen LogP contribution in [0.25, 0.3) is 0 Å². The van der Waals surface area contributed by atoms with Crippen LogP contribution in [0.1, 0.15) is 39.5 Å². The standard InChI is InChI=1S/C8H17.Nd/c1-4-5-6-7-8(2)3;/h8H,1,4-7H2,2-3H3;/q-1;. The van der Waals surface area contributed by atoms with Crippen molar-refractivity contribution in [1.82, 2.24) is 0 Å². The first kappa shape index (κ1) is 13.0. The normalized spacial score (nSPS) is 9.33. The van der Waals surface area contributed by atoms with E-state index in [-0.39, 0.29) is 40.8 Å². The van der Waals surface area contributed by atoms with Crippen molar-refractivity contribution in [2.45, 2.75) is 39.5 Å². The van der Waals surface area contributed by atoms with E-state index in [9.17, 15) is 0 Å². The van der Waals surface area contributed by atoms with Gasteiger partial charge in [-0.3, -0.25) is 0 Å². The van der Waals surface area contributed by atoms with Gasteiger partial charge in [-0.2, -0.15) is 6.42 Å². The quantitative estimate of drug-likeness (QED) is 0.536. The van der Waals surface area contributed by atoms with Gasteiger partial charge < -0.3 is 6.92 Å². The van der Waals surface area contributed by atoms with Crippen LogP contribution in [0.3, 0.4) is 0 Å². The summed E-state index contributed by atoms with van der Waals surface area (Å²) in [4.78, 5) is 0. The van der Waals surface area contributed by atoms with Gasteiger partial charge in [0.25, 0.3) is 0 Å². The van der Waals surface area contributed by atoms with E-state index in [1.54, 1.807) is 0 Å². The third-order valence-electron chi connectivity index (χ3n) is 1.28. The largest absolute Gasteiger partial charge is 0.343 e. The van der Waals surface area contributed by atoms with E-state index >= 15 is 0 Å². The fourth-order valence-corrected chi connectivity index (χ4v) is 0.729. The second kappa shape index (κ2) is 9.35. The van der Waals surface area contributed by atoms with Gasteiger partial charge in [-0.05, 0) is 5.92 Å². The Morgan fingerprint density at radius 3 is 2.11 bits per heavy atom. The number of hydrogen-bond donors (Lipinski definition) is 0. The molecule has 54 valence electrons. The van der Waals surface area contributed by atoms with Crippen LogP contribution in [-0.4, -0.2) is 0 Å². The average Bonchev–Trinajstić information content (AvgIpc) is 1.66. The molecule has 0 unspecified atom stereocenters. The molecule has 0 nitrogen and oxygen atoms in total. The summed E-state index contributed by atoms with van der Waals surface area (Å²) in [5, 5.41) is 0. The molecule has 0 aliphatic rings. The van der Waals surface area contributed by atoms with Gasteiger partial charge in [0.1, 0.15) is 0 Å². The zero-order chi connectivity index (χ0) is 6.41. The van der Waals surface area contributed by atoms with Crippen molar-refractivity contribution in [2.75, 3.05) is 0 Å². The Kier molecular flexibility index (Phi) is 13.5. The van der Waals surface area contributed by atoms with Gasteiger partial charge in [-0.1, -0.05) is 33.1 Å². The molecule has 0 aromatic carbocycles. The van der Waals surface area contributed by atoms with Crippen LogP contribution in [-0.2, 0) is 0 Å². The summed E-state index contributed by atoms with van der Waals surface area (Å²) < 4.78 is 0. The van der Waals surface area contributed by atoms with Gasteiger partial charge in [0, 0.05) is 40.8 Å². The summed E-state index contributed by atoms with van der Waals surface area (Å²) in [5.74, 6) is 0.876. The van der Waals surface area contributed by atoms with E-state index in [4.69, 9.17) is 0 Å². The summed E-state index contributed by atoms with van der Waals surface area (Å²) in [6, 6.07) is 0. The van der Waals surface area contributed by atoms with Gasteiger partial charge in [0.15, 0.2) is 0 Å². The van der Waals surface area contributed by atoms with E-state index in [2.05, 4.69) is 20.8 Å². The fourth-order valence-electron chi connectivity index (χ4n) is 0.729. The Morgan fingerprint density at radius 2 is 1.78 bits per heavy atom. The third-order valence-corrected chi connectivity index (χ3v) is 1.28. The Bertz CT molecular complexity index is 41.8. The first-order chi connectivity index (χ1) is 3.77. The van der Waals surface area contributed by atoms with Crippen LogP contribution in [0.2, 0.25) is 0 Å². The summed E-state index contributed by atoms with van der Waals surface area (Å²) in [6.07, 6.45) is 5.14. The van der Waals surface area contributed by atoms with E-state index in [0.29, 0.717) is 0 Å². The van der Waals surface area contributed by atoms with E-state index in [1.807, 2.05) is 0 Å². The van der Waals surface area contributed by atoms with Crippen LogP contribution in [0, 0.1) is 53.7 Å². The van der Waals surface area contributed by atoms with E-state index < -0.39 is 0 Å². The maximum absolute atomic E-state index is 3.78. The van der Waals surface area contributed by atoms with Crippen molar-refractivity contribution in [2.24, 2.45) is 5.92 Å². The van der Waals surface area contributed by atoms with Gasteiger partial charge >= 0.3 is 0 Å². The van der Waals surface area contributed by atoms with Gasteiger partial charge in [0.2, 0.25) is 0 Å². The van der Waals surface area contributed by atoms with Gasteiger partial charge in [-0.25, -0.2) is 0 Å². The smallest absolute Gasteiger partial charge is 0 e. The second-order valence-electron chi connectivity index (χ2n) is 2.74. The minimum Gasteiger partial charge on any atom is -0.343 e. The molecule has 0 bridgehead atoms. The molecule has 0 aliphatic heterocycles. The zero-order valence-corrected chi connectivity index (χ0v) is 9.82. The average molecular weight is 257 g/mol. The van der Waals surface area contributed by atoms with Crippen molar-refractivity contribution in [3.8, 4) is 0 Å². The van der Waals surface area contributed by atoms with E-state index in [0.717, 1.165) is 12.3 Å². The monoisotopic (exact) mass is 255 g/mol. The van der Waals surface area contributed by atoms with Crippen LogP contribution < -0.4 is 0 Å². The van der Waals surface area contributed by atoms with Crippen molar-refractivity contribution in [1.29, 1.82) is 0 Å².